The number of hydrogen-bond donors (Lipinski definition) is 2. The molecule has 0 radical (unpaired) electrons. The molecule has 3 aromatic rings. The average Bonchev–Trinajstić information content (AvgIpc) is 3.19. The van der Waals surface area contributed by atoms with Crippen molar-refractivity contribution in [2.45, 2.75) is 0 Å². The lowest BCUT2D eigenvalue weighted by Crippen LogP contribution is -1.98. The molecule has 0 aliphatic carbocycles. The third-order valence-corrected chi connectivity index (χ3v) is 3.60. The molecule has 0 amide bonds. The Kier molecular flexibility index (Phi) is 3.57. The van der Waals surface area contributed by atoms with Crippen LogP contribution in [0.15, 0.2) is 47.2 Å². The van der Waals surface area contributed by atoms with Crippen LogP contribution in [0, 0.1) is 0 Å². The molecule has 2 heterocycles. The zero-order valence-corrected chi connectivity index (χ0v) is 11.5. The van der Waals surface area contributed by atoms with E-state index in [4.69, 9.17) is 0 Å². The Morgan fingerprint density at radius 1 is 1.24 bits per heavy atom. The van der Waals surface area contributed by atoms with Crippen LogP contribution in [0.1, 0.15) is 16.2 Å². The van der Waals surface area contributed by atoms with Gasteiger partial charge in [0.25, 0.3) is 0 Å². The monoisotopic (exact) mass is 298 g/mol. The maximum atomic E-state index is 12.3. The van der Waals surface area contributed by atoms with Crippen LogP contribution in [0.25, 0.3) is 16.9 Å². The minimum absolute atomic E-state index is 0.0140. The number of rotatable bonds is 4. The van der Waals surface area contributed by atoms with E-state index in [1.54, 1.807) is 5.38 Å². The van der Waals surface area contributed by atoms with Gasteiger partial charge in [-0.2, -0.15) is 16.6 Å². The zero-order chi connectivity index (χ0) is 14.7. The number of aliphatic hydroxyl groups is 1. The van der Waals surface area contributed by atoms with Crippen LogP contribution in [-0.4, -0.2) is 31.5 Å². The lowest BCUT2D eigenvalue weighted by Gasteiger charge is -2.01. The number of aromatic amines is 1. The number of ketones is 1. The van der Waals surface area contributed by atoms with Crippen molar-refractivity contribution in [1.29, 1.82) is 0 Å². The first-order valence-electron chi connectivity index (χ1n) is 6.06. The van der Waals surface area contributed by atoms with Gasteiger partial charge in [-0.3, -0.25) is 4.79 Å². The fraction of sp³-hybridized carbons (Fsp3) is 0. The van der Waals surface area contributed by atoms with Crippen LogP contribution < -0.4 is 0 Å². The van der Waals surface area contributed by atoms with Crippen LogP contribution in [-0.2, 0) is 0 Å². The summed E-state index contributed by atoms with van der Waals surface area (Å²) in [5.41, 5.74) is 2.32. The topological polar surface area (TPSA) is 91.8 Å². The molecule has 2 aromatic heterocycles. The first-order chi connectivity index (χ1) is 10.3. The minimum Gasteiger partial charge on any atom is -0.504 e. The number of nitrogens with one attached hydrogen (secondary N) is 1. The van der Waals surface area contributed by atoms with E-state index in [9.17, 15) is 9.90 Å². The number of benzene rings is 1. The fourth-order valence-electron chi connectivity index (χ4n) is 1.87. The highest BCUT2D eigenvalue weighted by Gasteiger charge is 2.14. The number of H-pyrrole nitrogens is 1. The van der Waals surface area contributed by atoms with Crippen molar-refractivity contribution in [3.63, 3.8) is 0 Å². The summed E-state index contributed by atoms with van der Waals surface area (Å²) in [6.07, 6.45) is 1.10. The summed E-state index contributed by atoms with van der Waals surface area (Å²) in [6.45, 7) is 0. The third-order valence-electron chi connectivity index (χ3n) is 2.85. The van der Waals surface area contributed by atoms with Gasteiger partial charge in [0.05, 0.1) is 0 Å². The summed E-state index contributed by atoms with van der Waals surface area (Å²) < 4.78 is 0. The molecule has 0 fully saturated rings. The smallest absolute Gasteiger partial charge is 0.239 e. The zero-order valence-electron chi connectivity index (χ0n) is 10.7. The van der Waals surface area contributed by atoms with Crippen LogP contribution >= 0.6 is 11.3 Å². The summed E-state index contributed by atoms with van der Waals surface area (Å²) in [5, 5.41) is 26.2. The van der Waals surface area contributed by atoms with Gasteiger partial charge in [-0.15, -0.1) is 10.2 Å². The average molecular weight is 298 g/mol. The molecule has 3 rings (SSSR count). The number of nitrogens with zero attached hydrogens (tertiary/aromatic N) is 3. The first-order valence-corrected chi connectivity index (χ1v) is 7.00. The van der Waals surface area contributed by atoms with E-state index in [1.165, 1.54) is 11.3 Å². The van der Waals surface area contributed by atoms with E-state index in [1.807, 2.05) is 35.7 Å². The molecule has 0 saturated carbocycles. The van der Waals surface area contributed by atoms with Crippen molar-refractivity contribution >= 4 is 22.9 Å². The van der Waals surface area contributed by atoms with Crippen LogP contribution in [0.4, 0.5) is 0 Å². The molecule has 7 heteroatoms. The molecule has 0 spiro atoms. The van der Waals surface area contributed by atoms with Crippen LogP contribution in [0.2, 0.25) is 0 Å². The number of tetrazole rings is 1. The highest BCUT2D eigenvalue weighted by molar-refractivity contribution is 7.08. The molecule has 0 atom stereocenters. The highest BCUT2D eigenvalue weighted by Crippen LogP contribution is 2.28. The van der Waals surface area contributed by atoms with Crippen LogP contribution in [0.5, 0.6) is 0 Å². The summed E-state index contributed by atoms with van der Waals surface area (Å²) >= 11 is 1.43. The second-order valence-corrected chi connectivity index (χ2v) is 4.94. The molecular formula is C14H10N4O2S. The second-order valence-electron chi connectivity index (χ2n) is 4.19. The van der Waals surface area contributed by atoms with E-state index in [0.717, 1.165) is 17.2 Å². The molecule has 6 nitrogen and oxygen atoms in total. The number of hydrogen-bond acceptors (Lipinski definition) is 6. The molecule has 0 bridgehead atoms. The summed E-state index contributed by atoms with van der Waals surface area (Å²) in [6, 6.07) is 9.60. The van der Waals surface area contributed by atoms with Crippen molar-refractivity contribution in [2.75, 3.05) is 0 Å². The van der Waals surface area contributed by atoms with Crippen molar-refractivity contribution in [1.82, 2.24) is 20.6 Å². The lowest BCUT2D eigenvalue weighted by atomic mass is 10.0. The molecule has 0 aliphatic heterocycles. The highest BCUT2D eigenvalue weighted by atomic mass is 32.1. The number of thiophene rings is 1. The standard InChI is InChI=1S/C14H10N4O2S/c19-12(6-13(20)14-15-17-18-16-14)11-8-21-7-10(11)9-4-2-1-3-5-9/h1-8,20H,(H,15,16,17,18). The second kappa shape index (κ2) is 5.68. The first kappa shape index (κ1) is 13.2. The molecule has 0 aliphatic rings. The van der Waals surface area contributed by atoms with Gasteiger partial charge in [0.15, 0.2) is 11.5 Å². The number of allylic oxidation sites excluding steroid dienone is 1. The number of carbonyl (C=O) groups excluding carboxylic acids is 1. The Hall–Kier alpha value is -2.80. The Balaban J connectivity index is 1.94. The Bertz CT molecular complexity index is 778. The van der Waals surface area contributed by atoms with Gasteiger partial charge in [0, 0.05) is 22.6 Å². The van der Waals surface area contributed by atoms with Gasteiger partial charge in [-0.05, 0) is 16.2 Å². The van der Waals surface area contributed by atoms with E-state index in [-0.39, 0.29) is 17.4 Å². The van der Waals surface area contributed by atoms with Crippen molar-refractivity contribution in [2.24, 2.45) is 0 Å². The quantitative estimate of drug-likeness (QED) is 0.439. The number of aliphatic hydroxyl groups excluding tert-OH is 1. The predicted octanol–water partition coefficient (Wildman–Crippen LogP) is 2.71. The van der Waals surface area contributed by atoms with Crippen molar-refractivity contribution in [3.05, 3.63) is 58.6 Å². The minimum atomic E-state index is -0.320. The maximum Gasteiger partial charge on any atom is 0.239 e. The van der Waals surface area contributed by atoms with E-state index >= 15 is 0 Å². The van der Waals surface area contributed by atoms with Gasteiger partial charge in [0.2, 0.25) is 5.82 Å². The fourth-order valence-corrected chi connectivity index (χ4v) is 2.71. The largest absolute Gasteiger partial charge is 0.504 e. The number of aromatic nitrogens is 4. The van der Waals surface area contributed by atoms with Crippen molar-refractivity contribution < 1.29 is 9.90 Å². The lowest BCUT2D eigenvalue weighted by molar-refractivity contribution is 0.104. The van der Waals surface area contributed by atoms with E-state index in [0.29, 0.717) is 5.56 Å². The Morgan fingerprint density at radius 3 is 2.76 bits per heavy atom. The molecule has 0 unspecified atom stereocenters. The molecule has 0 saturated heterocycles. The van der Waals surface area contributed by atoms with Gasteiger partial charge in [-0.25, -0.2) is 0 Å². The Morgan fingerprint density at radius 2 is 2.05 bits per heavy atom. The Labute approximate surface area is 123 Å². The normalized spacial score (nSPS) is 11.5. The summed E-state index contributed by atoms with van der Waals surface area (Å²) in [7, 11) is 0. The summed E-state index contributed by atoms with van der Waals surface area (Å²) in [4.78, 5) is 12.3. The van der Waals surface area contributed by atoms with Gasteiger partial charge < -0.3 is 5.11 Å². The van der Waals surface area contributed by atoms with Crippen molar-refractivity contribution in [3.8, 4) is 11.1 Å². The summed E-state index contributed by atoms with van der Waals surface area (Å²) in [5.74, 6) is -0.642. The molecule has 1 aromatic carbocycles. The molecular weight excluding hydrogens is 288 g/mol. The van der Waals surface area contributed by atoms with Gasteiger partial charge in [0.1, 0.15) is 0 Å². The molecule has 104 valence electrons. The molecule has 2 N–H and O–H groups in total. The van der Waals surface area contributed by atoms with E-state index in [2.05, 4.69) is 20.6 Å². The third kappa shape index (κ3) is 2.72. The number of carbonyl (C=O) groups is 1. The van der Waals surface area contributed by atoms with Gasteiger partial charge in [-0.1, -0.05) is 30.3 Å². The maximum absolute atomic E-state index is 12.3. The van der Waals surface area contributed by atoms with Crippen LogP contribution in [0.3, 0.4) is 0 Å². The van der Waals surface area contributed by atoms with E-state index < -0.39 is 0 Å². The SMILES string of the molecule is O=C(C=C(O)c1nn[nH]n1)c1cscc1-c1ccccc1. The molecule has 21 heavy (non-hydrogen) atoms. The predicted molar refractivity (Wildman–Crippen MR) is 78.9 cm³/mol. The van der Waals surface area contributed by atoms with Gasteiger partial charge >= 0.3 is 0 Å².